The van der Waals surface area contributed by atoms with Crippen molar-refractivity contribution < 1.29 is 24.5 Å². The highest BCUT2D eigenvalue weighted by molar-refractivity contribution is 6.46. The molecule has 30 heavy (non-hydrogen) atoms. The van der Waals surface area contributed by atoms with Gasteiger partial charge in [0.2, 0.25) is 0 Å². The first-order valence-corrected chi connectivity index (χ1v) is 10.2. The number of ether oxygens (including phenoxy) is 1. The van der Waals surface area contributed by atoms with Gasteiger partial charge in [-0.25, -0.2) is 0 Å². The monoisotopic (exact) mass is 409 g/mol. The fourth-order valence-electron chi connectivity index (χ4n) is 3.78. The number of carbonyl (C=O) groups excluding carboxylic acids is 2. The number of carbonyl (C=O) groups is 2. The molecule has 1 aliphatic rings. The van der Waals surface area contributed by atoms with Gasteiger partial charge in [0, 0.05) is 12.1 Å². The fraction of sp³-hybridized carbons (Fsp3) is 0.333. The second kappa shape index (κ2) is 9.48. The first kappa shape index (κ1) is 21.4. The summed E-state index contributed by atoms with van der Waals surface area (Å²) in [5.74, 6) is -1.33. The van der Waals surface area contributed by atoms with Crippen molar-refractivity contribution in [3.63, 3.8) is 0 Å². The molecule has 1 saturated heterocycles. The summed E-state index contributed by atoms with van der Waals surface area (Å²) in [6, 6.07) is 12.7. The van der Waals surface area contributed by atoms with E-state index in [-0.39, 0.29) is 22.8 Å². The van der Waals surface area contributed by atoms with E-state index in [1.807, 2.05) is 6.07 Å². The van der Waals surface area contributed by atoms with Crippen LogP contribution < -0.4 is 4.74 Å². The zero-order valence-corrected chi connectivity index (χ0v) is 17.3. The summed E-state index contributed by atoms with van der Waals surface area (Å²) in [5, 5.41) is 20.9. The maximum atomic E-state index is 12.9. The van der Waals surface area contributed by atoms with Crippen molar-refractivity contribution in [2.24, 2.45) is 0 Å². The number of hydrogen-bond donors (Lipinski definition) is 2. The average Bonchev–Trinajstić information content (AvgIpc) is 3.02. The van der Waals surface area contributed by atoms with Crippen LogP contribution in [0.4, 0.5) is 0 Å². The largest absolute Gasteiger partial charge is 0.507 e. The number of likely N-dealkylation sites (tertiary alicyclic amines) is 1. The van der Waals surface area contributed by atoms with Crippen molar-refractivity contribution >= 4 is 17.4 Å². The van der Waals surface area contributed by atoms with Crippen LogP contribution >= 0.6 is 0 Å². The lowest BCUT2D eigenvalue weighted by Gasteiger charge is -2.25. The molecule has 2 N–H and O–H groups in total. The number of amides is 1. The molecule has 2 aromatic rings. The van der Waals surface area contributed by atoms with Crippen molar-refractivity contribution in [3.8, 4) is 11.5 Å². The number of hydrogen-bond acceptors (Lipinski definition) is 5. The number of phenolic OH excluding ortho intramolecular Hbond substituents is 1. The summed E-state index contributed by atoms with van der Waals surface area (Å²) in [5.41, 5.74) is 1.11. The number of benzene rings is 2. The van der Waals surface area contributed by atoms with E-state index in [1.54, 1.807) is 36.4 Å². The van der Waals surface area contributed by atoms with E-state index in [0.29, 0.717) is 17.7 Å². The number of phenols is 1. The topological polar surface area (TPSA) is 87.1 Å². The number of unbranched alkanes of at least 4 members (excludes halogenated alkanes) is 3. The summed E-state index contributed by atoms with van der Waals surface area (Å²) in [7, 11) is 1.44. The lowest BCUT2D eigenvalue weighted by Crippen LogP contribution is -2.30. The Kier molecular flexibility index (Phi) is 6.77. The predicted octanol–water partition coefficient (Wildman–Crippen LogP) is 4.40. The summed E-state index contributed by atoms with van der Waals surface area (Å²) >= 11 is 0. The lowest BCUT2D eigenvalue weighted by atomic mass is 9.95. The minimum atomic E-state index is -0.749. The molecule has 1 fully saturated rings. The molecule has 0 spiro atoms. The lowest BCUT2D eigenvalue weighted by molar-refractivity contribution is -0.139. The zero-order chi connectivity index (χ0) is 21.7. The molecule has 2 aromatic carbocycles. The number of rotatable bonds is 8. The Morgan fingerprint density at radius 3 is 2.47 bits per heavy atom. The van der Waals surface area contributed by atoms with Crippen molar-refractivity contribution in [2.75, 3.05) is 13.7 Å². The minimum absolute atomic E-state index is 0.0378. The number of nitrogens with zero attached hydrogens (tertiary/aromatic N) is 1. The van der Waals surface area contributed by atoms with Gasteiger partial charge in [-0.1, -0.05) is 62.6 Å². The molecule has 6 nitrogen and oxygen atoms in total. The summed E-state index contributed by atoms with van der Waals surface area (Å²) in [6.45, 7) is 2.51. The highest BCUT2D eigenvalue weighted by atomic mass is 16.5. The molecule has 0 aliphatic carbocycles. The van der Waals surface area contributed by atoms with Gasteiger partial charge in [-0.05, 0) is 24.1 Å². The molecule has 0 radical (unpaired) electrons. The second-order valence-corrected chi connectivity index (χ2v) is 7.35. The molecule has 1 amide bonds. The van der Waals surface area contributed by atoms with Gasteiger partial charge in [-0.15, -0.1) is 0 Å². The highest BCUT2D eigenvalue weighted by Gasteiger charge is 2.45. The van der Waals surface area contributed by atoms with Crippen LogP contribution in [-0.2, 0) is 9.59 Å². The van der Waals surface area contributed by atoms with Crippen LogP contribution in [0.1, 0.15) is 49.8 Å². The molecule has 158 valence electrons. The SMILES string of the molecule is CCCCCCN1C(=O)C(=O)/C(=C(/O)c2ccccc2)C1c1ccc(O)c(OC)c1. The Morgan fingerprint density at radius 1 is 1.07 bits per heavy atom. The summed E-state index contributed by atoms with van der Waals surface area (Å²) < 4.78 is 5.21. The van der Waals surface area contributed by atoms with E-state index >= 15 is 0 Å². The maximum Gasteiger partial charge on any atom is 0.295 e. The van der Waals surface area contributed by atoms with Crippen LogP contribution in [0.2, 0.25) is 0 Å². The van der Waals surface area contributed by atoms with Gasteiger partial charge >= 0.3 is 0 Å². The standard InChI is InChI=1S/C24H27NO5/c1-3-4-5-9-14-25-21(17-12-13-18(26)19(15-17)30-2)20(23(28)24(25)29)22(27)16-10-7-6-8-11-16/h6-8,10-13,15,21,26-27H,3-5,9,14H2,1-2H3/b22-20+. The number of ketones is 1. The van der Waals surface area contributed by atoms with Crippen LogP contribution in [0.25, 0.3) is 5.76 Å². The van der Waals surface area contributed by atoms with Crippen LogP contribution in [0, 0.1) is 0 Å². The molecule has 6 heteroatoms. The molecule has 1 atom stereocenters. The van der Waals surface area contributed by atoms with Gasteiger partial charge < -0.3 is 19.8 Å². The van der Waals surface area contributed by atoms with Crippen molar-refractivity contribution in [1.82, 2.24) is 4.90 Å². The van der Waals surface area contributed by atoms with E-state index in [2.05, 4.69) is 6.92 Å². The number of aliphatic hydroxyl groups is 1. The van der Waals surface area contributed by atoms with Gasteiger partial charge in [0.15, 0.2) is 11.5 Å². The number of methoxy groups -OCH3 is 1. The molecular weight excluding hydrogens is 382 g/mol. The van der Waals surface area contributed by atoms with Gasteiger partial charge in [0.05, 0.1) is 18.7 Å². The molecule has 1 aliphatic heterocycles. The third-order valence-corrected chi connectivity index (χ3v) is 5.36. The second-order valence-electron chi connectivity index (χ2n) is 7.35. The fourth-order valence-corrected chi connectivity index (χ4v) is 3.78. The minimum Gasteiger partial charge on any atom is -0.507 e. The maximum absolute atomic E-state index is 12.9. The smallest absolute Gasteiger partial charge is 0.295 e. The number of Topliss-reactive ketones (excluding diaryl/α,β-unsaturated/α-hetero) is 1. The van der Waals surface area contributed by atoms with E-state index in [4.69, 9.17) is 4.74 Å². The molecule has 1 unspecified atom stereocenters. The Hall–Kier alpha value is -3.28. The van der Waals surface area contributed by atoms with Crippen molar-refractivity contribution in [3.05, 3.63) is 65.2 Å². The predicted molar refractivity (Wildman–Crippen MR) is 114 cm³/mol. The first-order chi connectivity index (χ1) is 14.5. The van der Waals surface area contributed by atoms with Gasteiger partial charge in [0.1, 0.15) is 5.76 Å². The van der Waals surface area contributed by atoms with Gasteiger partial charge in [-0.3, -0.25) is 9.59 Å². The normalized spacial score (nSPS) is 18.1. The molecule has 0 aromatic heterocycles. The Morgan fingerprint density at radius 2 is 1.80 bits per heavy atom. The first-order valence-electron chi connectivity index (χ1n) is 10.2. The van der Waals surface area contributed by atoms with E-state index in [1.165, 1.54) is 18.1 Å². The van der Waals surface area contributed by atoms with Crippen molar-refractivity contribution in [1.29, 1.82) is 0 Å². The molecule has 0 saturated carbocycles. The Bertz CT molecular complexity index is 951. The van der Waals surface area contributed by atoms with Crippen LogP contribution in [0.15, 0.2) is 54.1 Å². The third kappa shape index (κ3) is 4.17. The third-order valence-electron chi connectivity index (χ3n) is 5.36. The van der Waals surface area contributed by atoms with E-state index in [0.717, 1.165) is 25.7 Å². The number of aliphatic hydroxyl groups excluding tert-OH is 1. The number of aromatic hydroxyl groups is 1. The average molecular weight is 409 g/mol. The van der Waals surface area contributed by atoms with Gasteiger partial charge in [-0.2, -0.15) is 0 Å². The van der Waals surface area contributed by atoms with Crippen molar-refractivity contribution in [2.45, 2.75) is 38.6 Å². The highest BCUT2D eigenvalue weighted by Crippen LogP contribution is 2.41. The summed E-state index contributed by atoms with van der Waals surface area (Å²) in [6.07, 6.45) is 3.82. The zero-order valence-electron chi connectivity index (χ0n) is 17.3. The van der Waals surface area contributed by atoms with Gasteiger partial charge in [0.25, 0.3) is 11.7 Å². The van der Waals surface area contributed by atoms with E-state index in [9.17, 15) is 19.8 Å². The van der Waals surface area contributed by atoms with Crippen LogP contribution in [-0.4, -0.2) is 40.5 Å². The van der Waals surface area contributed by atoms with E-state index < -0.39 is 17.7 Å². The quantitative estimate of drug-likeness (QED) is 0.292. The van der Waals surface area contributed by atoms with Crippen LogP contribution in [0.5, 0.6) is 11.5 Å². The molecule has 3 rings (SSSR count). The summed E-state index contributed by atoms with van der Waals surface area (Å²) in [4.78, 5) is 27.3. The Labute approximate surface area is 176 Å². The molecular formula is C24H27NO5. The Balaban J connectivity index is 2.10. The molecule has 1 heterocycles. The van der Waals surface area contributed by atoms with Crippen LogP contribution in [0.3, 0.4) is 0 Å². The molecule has 0 bridgehead atoms.